The summed E-state index contributed by atoms with van der Waals surface area (Å²) in [7, 11) is 1.32. The third kappa shape index (κ3) is 2.32. The summed E-state index contributed by atoms with van der Waals surface area (Å²) < 4.78 is 18.4. The Kier molecular flexibility index (Phi) is 3.07. The first kappa shape index (κ1) is 11.6. The quantitative estimate of drug-likeness (QED) is 0.705. The SMILES string of the molecule is COc1nccc(C(=O)C(C)(C)C)c1F. The number of methoxy groups -OCH3 is 1. The van der Waals surface area contributed by atoms with E-state index in [1.807, 2.05) is 0 Å². The van der Waals surface area contributed by atoms with Crippen LogP contribution in [0.15, 0.2) is 12.3 Å². The minimum absolute atomic E-state index is 0.0225. The van der Waals surface area contributed by atoms with Gasteiger partial charge in [0.05, 0.1) is 12.7 Å². The molecule has 0 radical (unpaired) electrons. The minimum atomic E-state index is -0.695. The molecule has 0 saturated heterocycles. The molecule has 1 rings (SSSR count). The first-order chi connectivity index (χ1) is 6.88. The van der Waals surface area contributed by atoms with E-state index in [0.717, 1.165) is 0 Å². The second kappa shape index (κ2) is 3.96. The van der Waals surface area contributed by atoms with E-state index >= 15 is 0 Å². The zero-order chi connectivity index (χ0) is 11.6. The molecular weight excluding hydrogens is 197 g/mol. The maximum atomic E-state index is 13.6. The summed E-state index contributed by atoms with van der Waals surface area (Å²) in [6.45, 7) is 5.21. The van der Waals surface area contributed by atoms with Gasteiger partial charge in [-0.25, -0.2) is 9.37 Å². The molecule has 1 aromatic heterocycles. The number of rotatable bonds is 2. The van der Waals surface area contributed by atoms with Gasteiger partial charge in [-0.3, -0.25) is 4.79 Å². The molecule has 0 fully saturated rings. The number of halogens is 1. The van der Waals surface area contributed by atoms with E-state index in [4.69, 9.17) is 4.74 Å². The van der Waals surface area contributed by atoms with E-state index in [1.54, 1.807) is 20.8 Å². The number of ketones is 1. The molecular formula is C11H14FNO2. The van der Waals surface area contributed by atoms with Gasteiger partial charge in [0.15, 0.2) is 11.6 Å². The summed E-state index contributed by atoms with van der Waals surface area (Å²) >= 11 is 0. The minimum Gasteiger partial charge on any atom is -0.479 e. The van der Waals surface area contributed by atoms with Crippen molar-refractivity contribution in [3.63, 3.8) is 0 Å². The Balaban J connectivity index is 3.22. The monoisotopic (exact) mass is 211 g/mol. The van der Waals surface area contributed by atoms with Crippen LogP contribution in [-0.4, -0.2) is 17.9 Å². The number of aromatic nitrogens is 1. The molecule has 4 heteroatoms. The molecule has 15 heavy (non-hydrogen) atoms. The molecule has 0 unspecified atom stereocenters. The molecule has 0 aromatic carbocycles. The lowest BCUT2D eigenvalue weighted by atomic mass is 9.87. The number of Topliss-reactive ketones (excluding diaryl/α,β-unsaturated/α-hetero) is 1. The molecule has 1 heterocycles. The summed E-state index contributed by atoms with van der Waals surface area (Å²) in [5.41, 5.74) is -0.595. The van der Waals surface area contributed by atoms with Crippen LogP contribution in [0.4, 0.5) is 4.39 Å². The first-order valence-corrected chi connectivity index (χ1v) is 4.61. The van der Waals surface area contributed by atoms with Gasteiger partial charge in [0.1, 0.15) is 0 Å². The van der Waals surface area contributed by atoms with Crippen molar-refractivity contribution in [3.05, 3.63) is 23.6 Å². The lowest BCUT2D eigenvalue weighted by Gasteiger charge is -2.17. The highest BCUT2D eigenvalue weighted by Gasteiger charge is 2.27. The number of carbonyl (C=O) groups excluding carboxylic acids is 1. The number of nitrogens with zero attached hydrogens (tertiary/aromatic N) is 1. The summed E-state index contributed by atoms with van der Waals surface area (Å²) in [5, 5.41) is 0. The highest BCUT2D eigenvalue weighted by atomic mass is 19.1. The van der Waals surface area contributed by atoms with Crippen LogP contribution in [0.2, 0.25) is 0 Å². The van der Waals surface area contributed by atoms with E-state index in [9.17, 15) is 9.18 Å². The molecule has 0 bridgehead atoms. The summed E-state index contributed by atoms with van der Waals surface area (Å²) in [4.78, 5) is 15.5. The third-order valence-corrected chi connectivity index (χ3v) is 1.98. The number of ether oxygens (including phenoxy) is 1. The molecule has 3 nitrogen and oxygen atoms in total. The van der Waals surface area contributed by atoms with Crippen LogP contribution in [0.1, 0.15) is 31.1 Å². The van der Waals surface area contributed by atoms with Crippen LogP contribution < -0.4 is 4.74 Å². The average Bonchev–Trinajstić information content (AvgIpc) is 2.16. The Hall–Kier alpha value is -1.45. The van der Waals surface area contributed by atoms with Crippen LogP contribution in [-0.2, 0) is 0 Å². The van der Waals surface area contributed by atoms with E-state index in [1.165, 1.54) is 19.4 Å². The van der Waals surface area contributed by atoms with Crippen molar-refractivity contribution in [3.8, 4) is 5.88 Å². The Morgan fingerprint density at radius 3 is 2.53 bits per heavy atom. The van der Waals surface area contributed by atoms with Crippen molar-refractivity contribution in [1.29, 1.82) is 0 Å². The van der Waals surface area contributed by atoms with Crippen molar-refractivity contribution in [1.82, 2.24) is 4.98 Å². The Morgan fingerprint density at radius 1 is 1.47 bits per heavy atom. The Labute approximate surface area is 88.3 Å². The molecule has 0 aliphatic rings. The lowest BCUT2D eigenvalue weighted by Crippen LogP contribution is -2.21. The molecule has 0 aliphatic carbocycles. The third-order valence-electron chi connectivity index (χ3n) is 1.98. The maximum Gasteiger partial charge on any atom is 0.250 e. The topological polar surface area (TPSA) is 39.2 Å². The highest BCUT2D eigenvalue weighted by Crippen LogP contribution is 2.25. The highest BCUT2D eigenvalue weighted by molar-refractivity contribution is 6.00. The first-order valence-electron chi connectivity index (χ1n) is 4.61. The fourth-order valence-electron chi connectivity index (χ4n) is 1.15. The van der Waals surface area contributed by atoms with Gasteiger partial charge in [0.25, 0.3) is 5.88 Å². The predicted molar refractivity (Wildman–Crippen MR) is 54.5 cm³/mol. The van der Waals surface area contributed by atoms with E-state index in [-0.39, 0.29) is 17.2 Å². The summed E-state index contributed by atoms with van der Waals surface area (Å²) in [5.74, 6) is -1.11. The van der Waals surface area contributed by atoms with E-state index in [0.29, 0.717) is 0 Å². The van der Waals surface area contributed by atoms with Gasteiger partial charge < -0.3 is 4.74 Å². The van der Waals surface area contributed by atoms with Crippen LogP contribution in [0.3, 0.4) is 0 Å². The van der Waals surface area contributed by atoms with Crippen LogP contribution in [0.5, 0.6) is 5.88 Å². The summed E-state index contributed by atoms with van der Waals surface area (Å²) in [6.07, 6.45) is 1.36. The van der Waals surface area contributed by atoms with Crippen molar-refractivity contribution in [2.75, 3.05) is 7.11 Å². The second-order valence-electron chi connectivity index (χ2n) is 4.26. The van der Waals surface area contributed by atoms with E-state index in [2.05, 4.69) is 4.98 Å². The normalized spacial score (nSPS) is 11.3. The number of pyridine rings is 1. The average molecular weight is 211 g/mol. The fraction of sp³-hybridized carbons (Fsp3) is 0.455. The molecule has 0 aliphatic heterocycles. The van der Waals surface area contributed by atoms with Crippen molar-refractivity contribution < 1.29 is 13.9 Å². The smallest absolute Gasteiger partial charge is 0.250 e. The van der Waals surface area contributed by atoms with Gasteiger partial charge in [-0.15, -0.1) is 0 Å². The van der Waals surface area contributed by atoms with Crippen molar-refractivity contribution in [2.45, 2.75) is 20.8 Å². The molecule has 0 amide bonds. The maximum absolute atomic E-state index is 13.6. The molecule has 0 atom stereocenters. The fourth-order valence-corrected chi connectivity index (χ4v) is 1.15. The van der Waals surface area contributed by atoms with Gasteiger partial charge in [-0.2, -0.15) is 0 Å². The van der Waals surface area contributed by atoms with Crippen molar-refractivity contribution in [2.24, 2.45) is 5.41 Å². The van der Waals surface area contributed by atoms with Crippen LogP contribution >= 0.6 is 0 Å². The largest absolute Gasteiger partial charge is 0.479 e. The zero-order valence-electron chi connectivity index (χ0n) is 9.30. The Morgan fingerprint density at radius 2 is 2.07 bits per heavy atom. The summed E-state index contributed by atoms with van der Waals surface area (Å²) in [6, 6.07) is 1.37. The second-order valence-corrected chi connectivity index (χ2v) is 4.26. The van der Waals surface area contributed by atoms with Gasteiger partial charge in [0, 0.05) is 11.6 Å². The number of hydrogen-bond acceptors (Lipinski definition) is 3. The van der Waals surface area contributed by atoms with Crippen molar-refractivity contribution >= 4 is 5.78 Å². The van der Waals surface area contributed by atoms with Gasteiger partial charge in [0.2, 0.25) is 0 Å². The standard InChI is InChI=1S/C11H14FNO2/c1-11(2,3)9(14)7-5-6-13-10(15-4)8(7)12/h5-6H,1-4H3. The van der Waals surface area contributed by atoms with Crippen LogP contribution in [0, 0.1) is 11.2 Å². The number of hydrogen-bond donors (Lipinski definition) is 0. The molecule has 0 N–H and O–H groups in total. The molecule has 0 saturated carbocycles. The Bertz CT molecular complexity index is 383. The number of carbonyl (C=O) groups is 1. The van der Waals surface area contributed by atoms with Gasteiger partial charge in [-0.1, -0.05) is 20.8 Å². The van der Waals surface area contributed by atoms with Crippen LogP contribution in [0.25, 0.3) is 0 Å². The van der Waals surface area contributed by atoms with Gasteiger partial charge in [-0.05, 0) is 6.07 Å². The molecule has 1 aromatic rings. The molecule has 0 spiro atoms. The molecule has 82 valence electrons. The zero-order valence-corrected chi connectivity index (χ0v) is 9.30. The van der Waals surface area contributed by atoms with E-state index < -0.39 is 11.2 Å². The van der Waals surface area contributed by atoms with Gasteiger partial charge >= 0.3 is 0 Å². The lowest BCUT2D eigenvalue weighted by molar-refractivity contribution is 0.0852. The predicted octanol–water partition coefficient (Wildman–Crippen LogP) is 2.46.